The lowest BCUT2D eigenvalue weighted by molar-refractivity contribution is 0.0735. The summed E-state index contributed by atoms with van der Waals surface area (Å²) in [6, 6.07) is 9.11. The highest BCUT2D eigenvalue weighted by molar-refractivity contribution is 5.94. The average Bonchev–Trinajstić information content (AvgIpc) is 2.97. The summed E-state index contributed by atoms with van der Waals surface area (Å²) in [6.45, 7) is 0.638. The molecule has 0 bridgehead atoms. The third kappa shape index (κ3) is 2.72. The van der Waals surface area contributed by atoms with Gasteiger partial charge in [0.25, 0.3) is 5.91 Å². The Hall–Kier alpha value is -2.43. The average molecular weight is 286 g/mol. The first-order chi connectivity index (χ1) is 10.1. The van der Waals surface area contributed by atoms with Gasteiger partial charge in [0.1, 0.15) is 5.82 Å². The van der Waals surface area contributed by atoms with Crippen molar-refractivity contribution in [1.82, 2.24) is 9.88 Å². The molecule has 1 aliphatic heterocycles. The van der Waals surface area contributed by atoms with Crippen molar-refractivity contribution in [1.29, 1.82) is 0 Å². The van der Waals surface area contributed by atoms with Crippen molar-refractivity contribution in [3.63, 3.8) is 0 Å². The van der Waals surface area contributed by atoms with Gasteiger partial charge in [-0.1, -0.05) is 12.1 Å². The summed E-state index contributed by atoms with van der Waals surface area (Å²) >= 11 is 0. The molecule has 21 heavy (non-hydrogen) atoms. The maximum Gasteiger partial charge on any atom is 0.255 e. The molecule has 1 aromatic heterocycles. The molecule has 1 aromatic carbocycles. The van der Waals surface area contributed by atoms with E-state index in [0.29, 0.717) is 12.1 Å². The van der Waals surface area contributed by atoms with Gasteiger partial charge in [-0.2, -0.15) is 0 Å². The minimum Gasteiger partial charge on any atom is -0.332 e. The van der Waals surface area contributed by atoms with E-state index in [9.17, 15) is 14.0 Å². The van der Waals surface area contributed by atoms with Crippen LogP contribution in [0.4, 0.5) is 4.39 Å². The molecule has 1 aliphatic rings. The molecular weight excluding hydrogens is 271 g/mol. The molecule has 0 unspecified atom stereocenters. The van der Waals surface area contributed by atoms with Crippen LogP contribution >= 0.6 is 0 Å². The Morgan fingerprint density at radius 1 is 1.29 bits per heavy atom. The summed E-state index contributed by atoms with van der Waals surface area (Å²) in [5, 5.41) is 0. The van der Waals surface area contributed by atoms with Crippen LogP contribution < -0.4 is 5.56 Å². The Morgan fingerprint density at radius 2 is 2.14 bits per heavy atom. The molecular formula is C16H15FN2O2. The van der Waals surface area contributed by atoms with Gasteiger partial charge in [0.15, 0.2) is 0 Å². The zero-order valence-electron chi connectivity index (χ0n) is 11.4. The van der Waals surface area contributed by atoms with Gasteiger partial charge in [-0.3, -0.25) is 9.59 Å². The number of nitrogens with one attached hydrogen (secondary N) is 1. The van der Waals surface area contributed by atoms with Crippen LogP contribution in [0.3, 0.4) is 0 Å². The second-order valence-electron chi connectivity index (χ2n) is 5.15. The van der Waals surface area contributed by atoms with Gasteiger partial charge in [-0.25, -0.2) is 4.39 Å². The number of H-pyrrole nitrogens is 1. The number of rotatable bonds is 2. The Morgan fingerprint density at radius 3 is 2.86 bits per heavy atom. The molecule has 0 aliphatic carbocycles. The smallest absolute Gasteiger partial charge is 0.255 e. The lowest BCUT2D eigenvalue weighted by atomic mass is 10.0. The van der Waals surface area contributed by atoms with Crippen molar-refractivity contribution < 1.29 is 9.18 Å². The highest BCUT2D eigenvalue weighted by Gasteiger charge is 2.30. The third-order valence-electron chi connectivity index (χ3n) is 3.78. The molecule has 2 aromatic rings. The second kappa shape index (κ2) is 5.52. The molecule has 1 atom stereocenters. The summed E-state index contributed by atoms with van der Waals surface area (Å²) in [7, 11) is 0. The van der Waals surface area contributed by atoms with Gasteiger partial charge < -0.3 is 9.88 Å². The Bertz CT molecular complexity index is 706. The van der Waals surface area contributed by atoms with Crippen LogP contribution in [0.25, 0.3) is 0 Å². The Labute approximate surface area is 121 Å². The first kappa shape index (κ1) is 13.5. The number of benzene rings is 1. The first-order valence-corrected chi connectivity index (χ1v) is 6.90. The highest BCUT2D eigenvalue weighted by Crippen LogP contribution is 2.33. The Kier molecular flexibility index (Phi) is 3.56. The molecule has 0 spiro atoms. The molecule has 0 radical (unpaired) electrons. The van der Waals surface area contributed by atoms with E-state index in [2.05, 4.69) is 4.98 Å². The van der Waals surface area contributed by atoms with Crippen LogP contribution in [-0.4, -0.2) is 22.3 Å². The SMILES string of the molecule is O=C(c1ccc(=O)[nH]c1)N1CCC[C@H]1c1cccc(F)c1. The van der Waals surface area contributed by atoms with Gasteiger partial charge in [-0.05, 0) is 36.6 Å². The summed E-state index contributed by atoms with van der Waals surface area (Å²) < 4.78 is 13.4. The fourth-order valence-electron chi connectivity index (χ4n) is 2.78. The van der Waals surface area contributed by atoms with Crippen LogP contribution in [-0.2, 0) is 0 Å². The summed E-state index contributed by atoms with van der Waals surface area (Å²) in [5.74, 6) is -0.436. The van der Waals surface area contributed by atoms with E-state index >= 15 is 0 Å². The number of hydrogen-bond acceptors (Lipinski definition) is 2. The van der Waals surface area contributed by atoms with Crippen molar-refractivity contribution in [2.24, 2.45) is 0 Å². The molecule has 0 saturated carbocycles. The normalized spacial score (nSPS) is 18.0. The molecule has 1 N–H and O–H groups in total. The maximum absolute atomic E-state index is 13.4. The third-order valence-corrected chi connectivity index (χ3v) is 3.78. The number of halogens is 1. The van der Waals surface area contributed by atoms with E-state index in [0.717, 1.165) is 18.4 Å². The van der Waals surface area contributed by atoms with Crippen molar-refractivity contribution in [2.75, 3.05) is 6.54 Å². The maximum atomic E-state index is 13.4. The number of carbonyl (C=O) groups excluding carboxylic acids is 1. The number of hydrogen-bond donors (Lipinski definition) is 1. The molecule has 2 heterocycles. The summed E-state index contributed by atoms with van der Waals surface area (Å²) in [5.41, 5.74) is 1.01. The quantitative estimate of drug-likeness (QED) is 0.922. The zero-order chi connectivity index (χ0) is 14.8. The molecule has 108 valence electrons. The fraction of sp³-hybridized carbons (Fsp3) is 0.250. The topological polar surface area (TPSA) is 53.2 Å². The lowest BCUT2D eigenvalue weighted by Gasteiger charge is -2.25. The van der Waals surface area contributed by atoms with E-state index in [1.165, 1.54) is 30.5 Å². The van der Waals surface area contributed by atoms with Gasteiger partial charge in [-0.15, -0.1) is 0 Å². The molecule has 5 heteroatoms. The molecule has 4 nitrogen and oxygen atoms in total. The summed E-state index contributed by atoms with van der Waals surface area (Å²) in [4.78, 5) is 27.8. The van der Waals surface area contributed by atoms with Crippen molar-refractivity contribution in [2.45, 2.75) is 18.9 Å². The van der Waals surface area contributed by atoms with E-state index < -0.39 is 0 Å². The minimum atomic E-state index is -0.296. The van der Waals surface area contributed by atoms with E-state index in [-0.39, 0.29) is 23.3 Å². The van der Waals surface area contributed by atoms with Gasteiger partial charge >= 0.3 is 0 Å². The number of nitrogens with zero attached hydrogens (tertiary/aromatic N) is 1. The highest BCUT2D eigenvalue weighted by atomic mass is 19.1. The Balaban J connectivity index is 1.88. The number of likely N-dealkylation sites (tertiary alicyclic amines) is 1. The summed E-state index contributed by atoms with van der Waals surface area (Å²) in [6.07, 6.45) is 3.13. The molecule has 1 saturated heterocycles. The zero-order valence-corrected chi connectivity index (χ0v) is 11.4. The number of pyridine rings is 1. The monoisotopic (exact) mass is 286 g/mol. The number of carbonyl (C=O) groups is 1. The van der Waals surface area contributed by atoms with E-state index in [4.69, 9.17) is 0 Å². The van der Waals surface area contributed by atoms with Gasteiger partial charge in [0.05, 0.1) is 11.6 Å². The van der Waals surface area contributed by atoms with E-state index in [1.807, 2.05) is 6.07 Å². The number of aromatic amines is 1. The van der Waals surface area contributed by atoms with Crippen molar-refractivity contribution >= 4 is 5.91 Å². The minimum absolute atomic E-state index is 0.111. The number of aromatic nitrogens is 1. The van der Waals surface area contributed by atoms with Gasteiger partial charge in [0.2, 0.25) is 5.56 Å². The molecule has 1 amide bonds. The molecule has 3 rings (SSSR count). The molecule has 1 fully saturated rings. The van der Waals surface area contributed by atoms with Crippen LogP contribution in [0, 0.1) is 5.82 Å². The lowest BCUT2D eigenvalue weighted by Crippen LogP contribution is -2.31. The fourth-order valence-corrected chi connectivity index (χ4v) is 2.78. The van der Waals surface area contributed by atoms with Crippen molar-refractivity contribution in [3.8, 4) is 0 Å². The second-order valence-corrected chi connectivity index (χ2v) is 5.15. The van der Waals surface area contributed by atoms with Crippen molar-refractivity contribution in [3.05, 3.63) is 69.9 Å². The van der Waals surface area contributed by atoms with Crippen LogP contribution in [0.5, 0.6) is 0 Å². The largest absolute Gasteiger partial charge is 0.332 e. The van der Waals surface area contributed by atoms with E-state index in [1.54, 1.807) is 11.0 Å². The predicted octanol–water partition coefficient (Wildman–Crippen LogP) is 2.49. The first-order valence-electron chi connectivity index (χ1n) is 6.90. The predicted molar refractivity (Wildman–Crippen MR) is 76.5 cm³/mol. The van der Waals surface area contributed by atoms with Crippen LogP contribution in [0.1, 0.15) is 34.8 Å². The van der Waals surface area contributed by atoms with Crippen LogP contribution in [0.2, 0.25) is 0 Å². The van der Waals surface area contributed by atoms with Gasteiger partial charge in [0, 0.05) is 18.8 Å². The standard InChI is InChI=1S/C16H15FN2O2/c17-13-4-1-3-11(9-13)14-5-2-8-19(14)16(21)12-6-7-15(20)18-10-12/h1,3-4,6-7,9-10,14H,2,5,8H2,(H,18,20)/t14-/m0/s1. The number of amides is 1. The van der Waals surface area contributed by atoms with Crippen LogP contribution in [0.15, 0.2) is 47.4 Å².